The third-order valence-corrected chi connectivity index (χ3v) is 3.04. The van der Waals surface area contributed by atoms with Crippen molar-refractivity contribution in [1.82, 2.24) is 0 Å². The van der Waals surface area contributed by atoms with Crippen molar-refractivity contribution >= 4 is 6.09 Å². The van der Waals surface area contributed by atoms with E-state index in [1.165, 1.54) is 0 Å². The Balaban J connectivity index is 1.60. The summed E-state index contributed by atoms with van der Waals surface area (Å²) in [6.07, 6.45) is -0.801. The summed E-state index contributed by atoms with van der Waals surface area (Å²) in [5.74, 6) is 1.52. The van der Waals surface area contributed by atoms with E-state index in [0.29, 0.717) is 26.4 Å². The summed E-state index contributed by atoms with van der Waals surface area (Å²) in [5.41, 5.74) is 5.95. The fourth-order valence-electron chi connectivity index (χ4n) is 1.89. The Morgan fingerprint density at radius 3 is 2.08 bits per heavy atom. The summed E-state index contributed by atoms with van der Waals surface area (Å²) in [5, 5.41) is 0. The molecule has 1 amide bonds. The number of rotatable bonds is 10. The quantitative estimate of drug-likeness (QED) is 0.677. The highest BCUT2D eigenvalue weighted by Gasteiger charge is 1.98. The van der Waals surface area contributed by atoms with E-state index >= 15 is 0 Å². The summed E-state index contributed by atoms with van der Waals surface area (Å²) in [7, 11) is 0. The first-order chi connectivity index (χ1) is 11.7. The van der Waals surface area contributed by atoms with Crippen molar-refractivity contribution in [1.29, 1.82) is 0 Å². The summed E-state index contributed by atoms with van der Waals surface area (Å²) >= 11 is 0. The third-order valence-electron chi connectivity index (χ3n) is 3.04. The van der Waals surface area contributed by atoms with Crippen molar-refractivity contribution in [3.05, 3.63) is 60.2 Å². The molecular weight excluding hydrogens is 310 g/mol. The molecule has 0 bridgehead atoms. The molecule has 0 radical (unpaired) electrons. The van der Waals surface area contributed by atoms with Gasteiger partial charge in [0.2, 0.25) is 0 Å². The first kappa shape index (κ1) is 17.6. The van der Waals surface area contributed by atoms with Gasteiger partial charge in [0.15, 0.2) is 0 Å². The molecule has 2 aromatic carbocycles. The van der Waals surface area contributed by atoms with Gasteiger partial charge in [-0.3, -0.25) is 0 Å². The second-order valence-corrected chi connectivity index (χ2v) is 4.87. The van der Waals surface area contributed by atoms with Crippen LogP contribution in [0.2, 0.25) is 0 Å². The number of amides is 1. The highest BCUT2D eigenvalue weighted by Crippen LogP contribution is 2.18. The highest BCUT2D eigenvalue weighted by molar-refractivity contribution is 5.64. The van der Waals surface area contributed by atoms with Crippen LogP contribution >= 0.6 is 0 Å². The molecule has 0 spiro atoms. The topological polar surface area (TPSA) is 80.0 Å². The lowest BCUT2D eigenvalue weighted by molar-refractivity contribution is 0.0605. The summed E-state index contributed by atoms with van der Waals surface area (Å²) in [6.45, 7) is 1.76. The van der Waals surface area contributed by atoms with E-state index in [2.05, 4.69) is 4.74 Å². The van der Waals surface area contributed by atoms with Crippen LogP contribution in [0.1, 0.15) is 5.56 Å². The molecule has 0 saturated carbocycles. The monoisotopic (exact) mass is 331 g/mol. The lowest BCUT2D eigenvalue weighted by Crippen LogP contribution is -2.17. The molecule has 0 aliphatic heterocycles. The summed E-state index contributed by atoms with van der Waals surface area (Å²) in [4.78, 5) is 10.3. The van der Waals surface area contributed by atoms with Gasteiger partial charge >= 0.3 is 6.09 Å². The van der Waals surface area contributed by atoms with Gasteiger partial charge in [-0.15, -0.1) is 0 Å². The van der Waals surface area contributed by atoms with Crippen molar-refractivity contribution < 1.29 is 23.7 Å². The number of hydrogen-bond donors (Lipinski definition) is 1. The number of ether oxygens (including phenoxy) is 4. The predicted octanol–water partition coefficient (Wildman–Crippen LogP) is 2.76. The zero-order valence-corrected chi connectivity index (χ0v) is 13.4. The van der Waals surface area contributed by atoms with Crippen LogP contribution in [0.4, 0.5) is 4.79 Å². The van der Waals surface area contributed by atoms with Crippen LogP contribution in [-0.2, 0) is 16.1 Å². The Bertz CT molecular complexity index is 601. The van der Waals surface area contributed by atoms with Gasteiger partial charge in [-0.05, 0) is 29.8 Å². The average molecular weight is 331 g/mol. The van der Waals surface area contributed by atoms with Crippen LogP contribution in [0.5, 0.6) is 11.5 Å². The molecule has 2 N–H and O–H groups in total. The minimum atomic E-state index is -0.801. The van der Waals surface area contributed by atoms with Gasteiger partial charge < -0.3 is 24.7 Å². The Kier molecular flexibility index (Phi) is 7.43. The lowest BCUT2D eigenvalue weighted by atomic mass is 10.2. The molecule has 6 nitrogen and oxygen atoms in total. The van der Waals surface area contributed by atoms with Gasteiger partial charge in [0, 0.05) is 0 Å². The van der Waals surface area contributed by atoms with Crippen molar-refractivity contribution in [2.24, 2.45) is 5.73 Å². The Labute approximate surface area is 141 Å². The van der Waals surface area contributed by atoms with Crippen LogP contribution in [0.15, 0.2) is 54.6 Å². The second-order valence-electron chi connectivity index (χ2n) is 4.87. The fourth-order valence-corrected chi connectivity index (χ4v) is 1.89. The maximum absolute atomic E-state index is 10.3. The van der Waals surface area contributed by atoms with Gasteiger partial charge in [-0.2, -0.15) is 0 Å². The molecule has 2 aromatic rings. The van der Waals surface area contributed by atoms with Gasteiger partial charge in [0.05, 0.1) is 13.2 Å². The molecule has 128 valence electrons. The normalized spacial score (nSPS) is 10.2. The largest absolute Gasteiger partial charge is 0.491 e. The second kappa shape index (κ2) is 10.1. The highest BCUT2D eigenvalue weighted by atomic mass is 16.6. The third kappa shape index (κ3) is 7.02. The van der Waals surface area contributed by atoms with Gasteiger partial charge in [-0.25, -0.2) is 4.79 Å². The Morgan fingerprint density at radius 2 is 1.42 bits per heavy atom. The molecule has 0 heterocycles. The number of primary amides is 1. The van der Waals surface area contributed by atoms with E-state index in [1.54, 1.807) is 0 Å². The molecule has 0 atom stereocenters. The smallest absolute Gasteiger partial charge is 0.404 e. The molecule has 0 aromatic heterocycles. The van der Waals surface area contributed by atoms with E-state index < -0.39 is 6.09 Å². The molecule has 2 rings (SSSR count). The first-order valence-corrected chi connectivity index (χ1v) is 7.63. The van der Waals surface area contributed by atoms with Crippen LogP contribution < -0.4 is 15.2 Å². The molecule has 0 fully saturated rings. The van der Waals surface area contributed by atoms with E-state index in [0.717, 1.165) is 17.1 Å². The first-order valence-electron chi connectivity index (χ1n) is 7.63. The lowest BCUT2D eigenvalue weighted by Gasteiger charge is -2.09. The molecule has 24 heavy (non-hydrogen) atoms. The Morgan fingerprint density at radius 1 is 0.792 bits per heavy atom. The van der Waals surface area contributed by atoms with Gasteiger partial charge in [0.25, 0.3) is 0 Å². The van der Waals surface area contributed by atoms with E-state index in [4.69, 9.17) is 19.9 Å². The van der Waals surface area contributed by atoms with Crippen molar-refractivity contribution in [3.8, 4) is 11.5 Å². The summed E-state index contributed by atoms with van der Waals surface area (Å²) < 4.78 is 21.0. The minimum Gasteiger partial charge on any atom is -0.491 e. The number of benzene rings is 2. The fraction of sp³-hybridized carbons (Fsp3) is 0.278. The number of carbonyl (C=O) groups is 1. The average Bonchev–Trinajstić information content (AvgIpc) is 2.61. The van der Waals surface area contributed by atoms with Gasteiger partial charge in [-0.1, -0.05) is 30.3 Å². The standard InChI is InChI=1S/C18H21NO5/c19-18(20)23-13-11-21-10-12-22-16-6-8-17(9-7-16)24-14-15-4-2-1-3-5-15/h1-9H,10-14H2,(H2,19,20). The van der Waals surface area contributed by atoms with Crippen LogP contribution in [-0.4, -0.2) is 32.5 Å². The maximum atomic E-state index is 10.3. The van der Waals surface area contributed by atoms with E-state index in [-0.39, 0.29) is 6.61 Å². The van der Waals surface area contributed by atoms with Crippen LogP contribution in [0, 0.1) is 0 Å². The van der Waals surface area contributed by atoms with E-state index in [9.17, 15) is 4.79 Å². The zero-order valence-electron chi connectivity index (χ0n) is 13.4. The van der Waals surface area contributed by atoms with Gasteiger partial charge in [0.1, 0.15) is 31.3 Å². The minimum absolute atomic E-state index is 0.142. The molecular formula is C18H21NO5. The molecule has 0 aliphatic carbocycles. The molecule has 6 heteroatoms. The van der Waals surface area contributed by atoms with E-state index in [1.807, 2.05) is 54.6 Å². The SMILES string of the molecule is NC(=O)OCCOCCOc1ccc(OCc2ccccc2)cc1. The zero-order chi connectivity index (χ0) is 17.0. The molecule has 0 saturated heterocycles. The molecule has 0 aliphatic rings. The van der Waals surface area contributed by atoms with Crippen LogP contribution in [0.25, 0.3) is 0 Å². The number of hydrogen-bond acceptors (Lipinski definition) is 5. The van der Waals surface area contributed by atoms with Crippen molar-refractivity contribution in [3.63, 3.8) is 0 Å². The number of carbonyl (C=O) groups excluding carboxylic acids is 1. The van der Waals surface area contributed by atoms with Crippen molar-refractivity contribution in [2.75, 3.05) is 26.4 Å². The summed E-state index contributed by atoms with van der Waals surface area (Å²) in [6, 6.07) is 17.4. The number of nitrogens with two attached hydrogens (primary N) is 1. The maximum Gasteiger partial charge on any atom is 0.404 e. The molecule has 0 unspecified atom stereocenters. The Hall–Kier alpha value is -2.73. The predicted molar refractivity (Wildman–Crippen MR) is 89.1 cm³/mol. The van der Waals surface area contributed by atoms with Crippen molar-refractivity contribution in [2.45, 2.75) is 6.61 Å². The van der Waals surface area contributed by atoms with Crippen LogP contribution in [0.3, 0.4) is 0 Å².